The van der Waals surface area contributed by atoms with Crippen molar-refractivity contribution in [2.75, 3.05) is 11.9 Å². The second kappa shape index (κ2) is 9.30. The van der Waals surface area contributed by atoms with Crippen molar-refractivity contribution in [2.24, 2.45) is 5.73 Å². The molecule has 0 fully saturated rings. The predicted octanol–water partition coefficient (Wildman–Crippen LogP) is 6.01. The van der Waals surface area contributed by atoms with Crippen LogP contribution in [0.1, 0.15) is 5.56 Å². The molecule has 3 aromatic heterocycles. The summed E-state index contributed by atoms with van der Waals surface area (Å²) in [7, 11) is 0. The minimum absolute atomic E-state index is 0.00416. The minimum Gasteiger partial charge on any atom is -0.368 e. The molecule has 158 valence electrons. The van der Waals surface area contributed by atoms with Crippen LogP contribution in [-0.4, -0.2) is 22.6 Å². The highest BCUT2D eigenvalue weighted by atomic mass is 32.1. The molecule has 0 aliphatic rings. The van der Waals surface area contributed by atoms with Gasteiger partial charge in [0.1, 0.15) is 5.82 Å². The van der Waals surface area contributed by atoms with Crippen molar-refractivity contribution in [1.82, 2.24) is 9.97 Å². The molecule has 5 rings (SSSR count). The summed E-state index contributed by atoms with van der Waals surface area (Å²) in [4.78, 5) is 10.4. The first-order chi connectivity index (χ1) is 15.8. The first-order valence-electron chi connectivity index (χ1n) is 10.7. The molecule has 32 heavy (non-hydrogen) atoms. The molecule has 0 aliphatic heterocycles. The Labute approximate surface area is 191 Å². The van der Waals surface area contributed by atoms with Crippen molar-refractivity contribution in [3.05, 3.63) is 102 Å². The van der Waals surface area contributed by atoms with Crippen molar-refractivity contribution in [2.45, 2.75) is 12.5 Å². The van der Waals surface area contributed by atoms with Crippen LogP contribution in [0.2, 0.25) is 0 Å². The lowest BCUT2D eigenvalue weighted by Crippen LogP contribution is -2.31. The van der Waals surface area contributed by atoms with Gasteiger partial charge in [0.05, 0.1) is 5.69 Å². The van der Waals surface area contributed by atoms with E-state index < -0.39 is 0 Å². The summed E-state index contributed by atoms with van der Waals surface area (Å²) in [5, 5.41) is 8.14. The van der Waals surface area contributed by atoms with Crippen molar-refractivity contribution in [3.8, 4) is 21.7 Å². The molecule has 4 nitrogen and oxygen atoms in total. The van der Waals surface area contributed by atoms with Gasteiger partial charge in [-0.1, -0.05) is 54.6 Å². The molecule has 5 heteroatoms. The third-order valence-electron chi connectivity index (χ3n) is 5.49. The number of nitrogens with two attached hydrogens (primary N) is 1. The van der Waals surface area contributed by atoms with E-state index in [1.165, 1.54) is 21.2 Å². The topological polar surface area (TPSA) is 63.8 Å². The standard InChI is InChI=1S/C27H24N4S/c28-22(16-19-6-2-1-3-7-19)17-30-25-11-10-24(26(31-25)20-12-14-29-15-13-20)27-23-9-5-4-8-21(23)18-32-27/h1-15,18,22H,16-17,28H2,(H,30,31)/t22-/m1/s1. The van der Waals surface area contributed by atoms with Gasteiger partial charge in [0.25, 0.3) is 0 Å². The number of nitrogens with one attached hydrogen (secondary N) is 1. The molecule has 0 bridgehead atoms. The highest BCUT2D eigenvalue weighted by Crippen LogP contribution is 2.39. The second-order valence-electron chi connectivity index (χ2n) is 7.81. The molecule has 0 aliphatic carbocycles. The molecule has 0 amide bonds. The number of hydrogen-bond acceptors (Lipinski definition) is 5. The van der Waals surface area contributed by atoms with Gasteiger partial charge in [-0.3, -0.25) is 4.98 Å². The molecule has 0 saturated heterocycles. The van der Waals surface area contributed by atoms with Gasteiger partial charge in [-0.15, -0.1) is 11.3 Å². The number of aromatic nitrogens is 2. The van der Waals surface area contributed by atoms with Crippen molar-refractivity contribution in [3.63, 3.8) is 0 Å². The molecule has 5 aromatic rings. The van der Waals surface area contributed by atoms with Gasteiger partial charge < -0.3 is 11.1 Å². The quantitative estimate of drug-likeness (QED) is 0.328. The minimum atomic E-state index is 0.00416. The Morgan fingerprint density at radius 2 is 1.66 bits per heavy atom. The lowest BCUT2D eigenvalue weighted by molar-refractivity contribution is 0.698. The zero-order valence-electron chi connectivity index (χ0n) is 17.6. The third-order valence-corrected chi connectivity index (χ3v) is 6.54. The van der Waals surface area contributed by atoms with E-state index in [2.05, 4.69) is 58.1 Å². The summed E-state index contributed by atoms with van der Waals surface area (Å²) in [5.41, 5.74) is 10.7. The molecular weight excluding hydrogens is 412 g/mol. The lowest BCUT2D eigenvalue weighted by Gasteiger charge is -2.15. The van der Waals surface area contributed by atoms with Crippen LogP contribution < -0.4 is 11.1 Å². The zero-order valence-corrected chi connectivity index (χ0v) is 18.4. The van der Waals surface area contributed by atoms with Crippen LogP contribution in [0, 0.1) is 0 Å². The van der Waals surface area contributed by atoms with Gasteiger partial charge in [-0.25, -0.2) is 4.98 Å². The first-order valence-corrected chi connectivity index (χ1v) is 11.6. The number of benzene rings is 2. The fraction of sp³-hybridized carbons (Fsp3) is 0.111. The largest absolute Gasteiger partial charge is 0.368 e. The van der Waals surface area contributed by atoms with E-state index in [0.717, 1.165) is 29.1 Å². The zero-order chi connectivity index (χ0) is 21.8. The van der Waals surface area contributed by atoms with Crippen LogP contribution in [0.4, 0.5) is 5.82 Å². The van der Waals surface area contributed by atoms with E-state index in [9.17, 15) is 0 Å². The van der Waals surface area contributed by atoms with Gasteiger partial charge in [-0.05, 0) is 47.0 Å². The smallest absolute Gasteiger partial charge is 0.126 e. The average molecular weight is 437 g/mol. The van der Waals surface area contributed by atoms with E-state index in [0.29, 0.717) is 6.54 Å². The average Bonchev–Trinajstić information content (AvgIpc) is 3.28. The van der Waals surface area contributed by atoms with E-state index >= 15 is 0 Å². The van der Waals surface area contributed by atoms with Gasteiger partial charge in [0.15, 0.2) is 0 Å². The number of fused-ring (bicyclic) bond motifs is 1. The Hall–Kier alpha value is -3.54. The molecule has 1 atom stereocenters. The number of thiophene rings is 1. The van der Waals surface area contributed by atoms with Crippen LogP contribution in [0.3, 0.4) is 0 Å². The van der Waals surface area contributed by atoms with Gasteiger partial charge in [-0.2, -0.15) is 0 Å². The monoisotopic (exact) mass is 436 g/mol. The second-order valence-corrected chi connectivity index (χ2v) is 8.69. The summed E-state index contributed by atoms with van der Waals surface area (Å²) >= 11 is 1.75. The van der Waals surface area contributed by atoms with E-state index in [1.807, 2.05) is 48.8 Å². The summed E-state index contributed by atoms with van der Waals surface area (Å²) in [5.74, 6) is 0.824. The maximum absolute atomic E-state index is 6.38. The Kier molecular flexibility index (Phi) is 5.92. The van der Waals surface area contributed by atoms with Crippen molar-refractivity contribution < 1.29 is 0 Å². The Bertz CT molecular complexity index is 1320. The molecule has 0 radical (unpaired) electrons. The van der Waals surface area contributed by atoms with Crippen LogP contribution in [0.15, 0.2) is 96.6 Å². The Balaban J connectivity index is 1.44. The van der Waals surface area contributed by atoms with Gasteiger partial charge in [0.2, 0.25) is 0 Å². The molecule has 2 aromatic carbocycles. The molecule has 0 unspecified atom stereocenters. The number of anilines is 1. The van der Waals surface area contributed by atoms with E-state index in [4.69, 9.17) is 10.7 Å². The van der Waals surface area contributed by atoms with Crippen molar-refractivity contribution >= 4 is 27.9 Å². The van der Waals surface area contributed by atoms with E-state index in [-0.39, 0.29) is 6.04 Å². The number of nitrogens with zero attached hydrogens (tertiary/aromatic N) is 2. The van der Waals surface area contributed by atoms with Crippen LogP contribution in [-0.2, 0) is 6.42 Å². The first kappa shape index (κ1) is 20.4. The maximum atomic E-state index is 6.38. The Morgan fingerprint density at radius 3 is 2.50 bits per heavy atom. The third kappa shape index (κ3) is 4.40. The highest BCUT2D eigenvalue weighted by molar-refractivity contribution is 7.15. The van der Waals surface area contributed by atoms with E-state index in [1.54, 1.807) is 11.3 Å². The summed E-state index contributed by atoms with van der Waals surface area (Å²) < 4.78 is 0. The molecule has 0 spiro atoms. The Morgan fingerprint density at radius 1 is 0.875 bits per heavy atom. The lowest BCUT2D eigenvalue weighted by atomic mass is 10.0. The normalized spacial score (nSPS) is 12.0. The van der Waals surface area contributed by atoms with Gasteiger partial charge >= 0.3 is 0 Å². The number of rotatable bonds is 7. The van der Waals surface area contributed by atoms with Gasteiger partial charge in [0, 0.05) is 46.4 Å². The fourth-order valence-electron chi connectivity index (χ4n) is 3.90. The fourth-order valence-corrected chi connectivity index (χ4v) is 4.95. The van der Waals surface area contributed by atoms with Crippen LogP contribution >= 0.6 is 11.3 Å². The van der Waals surface area contributed by atoms with Crippen molar-refractivity contribution in [1.29, 1.82) is 0 Å². The van der Waals surface area contributed by atoms with Crippen LogP contribution in [0.25, 0.3) is 32.5 Å². The summed E-state index contributed by atoms with van der Waals surface area (Å²) in [6.45, 7) is 0.652. The maximum Gasteiger partial charge on any atom is 0.126 e. The molecule has 3 N–H and O–H groups in total. The SMILES string of the molecule is N[C@@H](CNc1ccc(-c2scc3ccccc23)c(-c2ccncc2)n1)Cc1ccccc1. The number of hydrogen-bond donors (Lipinski definition) is 2. The number of pyridine rings is 2. The molecule has 3 heterocycles. The molecular formula is C27H24N4S. The van der Waals surface area contributed by atoms with Crippen LogP contribution in [0.5, 0.6) is 0 Å². The summed E-state index contributed by atoms with van der Waals surface area (Å²) in [6, 6.07) is 27.0. The molecule has 0 saturated carbocycles. The highest BCUT2D eigenvalue weighted by Gasteiger charge is 2.15. The summed E-state index contributed by atoms with van der Waals surface area (Å²) in [6.07, 6.45) is 4.44. The predicted molar refractivity (Wildman–Crippen MR) is 135 cm³/mol.